The van der Waals surface area contributed by atoms with E-state index in [-0.39, 0.29) is 17.2 Å². The molecule has 2 aromatic rings. The van der Waals surface area contributed by atoms with Crippen LogP contribution >= 0.6 is 0 Å². The maximum atomic E-state index is 11.8. The fourth-order valence-electron chi connectivity index (χ4n) is 1.73. The third kappa shape index (κ3) is 3.83. The van der Waals surface area contributed by atoms with Crippen molar-refractivity contribution in [2.24, 2.45) is 0 Å². The Morgan fingerprint density at radius 3 is 2.90 bits per heavy atom. The van der Waals surface area contributed by atoms with Crippen molar-refractivity contribution < 1.29 is 13.9 Å². The predicted molar refractivity (Wildman–Crippen MR) is 72.5 cm³/mol. The van der Waals surface area contributed by atoms with Crippen LogP contribution < -0.4 is 10.9 Å². The molecule has 2 N–H and O–H groups in total. The molecule has 20 heavy (non-hydrogen) atoms. The van der Waals surface area contributed by atoms with Gasteiger partial charge in [-0.2, -0.15) is 0 Å². The van der Waals surface area contributed by atoms with E-state index >= 15 is 0 Å². The Kier molecular flexibility index (Phi) is 4.73. The summed E-state index contributed by atoms with van der Waals surface area (Å²) in [7, 11) is 1.56. The lowest BCUT2D eigenvalue weighted by molar-refractivity contribution is 0.0917. The van der Waals surface area contributed by atoms with Crippen LogP contribution in [0, 0.1) is 0 Å². The van der Waals surface area contributed by atoms with Crippen molar-refractivity contribution in [2.45, 2.75) is 13.0 Å². The van der Waals surface area contributed by atoms with Crippen molar-refractivity contribution in [3.05, 3.63) is 57.9 Å². The molecule has 106 valence electrons. The first-order chi connectivity index (χ1) is 9.69. The van der Waals surface area contributed by atoms with E-state index in [1.54, 1.807) is 31.5 Å². The highest BCUT2D eigenvalue weighted by Gasteiger charge is 2.10. The van der Waals surface area contributed by atoms with Gasteiger partial charge < -0.3 is 19.5 Å². The van der Waals surface area contributed by atoms with Gasteiger partial charge in [-0.3, -0.25) is 9.59 Å². The largest absolute Gasteiger partial charge is 0.453 e. The summed E-state index contributed by atoms with van der Waals surface area (Å²) < 4.78 is 10.2. The molecule has 1 amide bonds. The summed E-state index contributed by atoms with van der Waals surface area (Å²) in [5.41, 5.74) is 0.809. The molecule has 0 radical (unpaired) electrons. The van der Waals surface area contributed by atoms with Gasteiger partial charge in [0.05, 0.1) is 0 Å². The molecular formula is C14H16N2O4. The molecule has 0 saturated heterocycles. The Hall–Kier alpha value is -2.34. The number of furan rings is 1. The minimum Gasteiger partial charge on any atom is -0.453 e. The first-order valence-electron chi connectivity index (χ1n) is 6.22. The predicted octanol–water partition coefficient (Wildman–Crippen LogP) is 1.09. The SMILES string of the molecule is COCc1ccc(C(=O)NCCc2ccc(=O)[nH]c2)o1. The van der Waals surface area contributed by atoms with Gasteiger partial charge in [0.2, 0.25) is 5.56 Å². The molecule has 0 unspecified atom stereocenters. The Labute approximate surface area is 115 Å². The van der Waals surface area contributed by atoms with Gasteiger partial charge in [-0.15, -0.1) is 0 Å². The van der Waals surface area contributed by atoms with Gasteiger partial charge in [-0.1, -0.05) is 6.07 Å². The highest BCUT2D eigenvalue weighted by atomic mass is 16.5. The van der Waals surface area contributed by atoms with E-state index in [1.807, 2.05) is 0 Å². The van der Waals surface area contributed by atoms with Gasteiger partial charge in [-0.25, -0.2) is 0 Å². The number of H-pyrrole nitrogens is 1. The maximum absolute atomic E-state index is 11.8. The number of pyridine rings is 1. The first-order valence-corrected chi connectivity index (χ1v) is 6.22. The summed E-state index contributed by atoms with van der Waals surface area (Å²) in [6.07, 6.45) is 2.27. The summed E-state index contributed by atoms with van der Waals surface area (Å²) in [5.74, 6) is 0.605. The number of amides is 1. The third-order valence-electron chi connectivity index (χ3n) is 2.72. The lowest BCUT2D eigenvalue weighted by Gasteiger charge is -2.03. The summed E-state index contributed by atoms with van der Waals surface area (Å²) >= 11 is 0. The molecule has 0 spiro atoms. The molecule has 0 atom stereocenters. The van der Waals surface area contributed by atoms with Crippen molar-refractivity contribution in [3.8, 4) is 0 Å². The summed E-state index contributed by atoms with van der Waals surface area (Å²) in [6.45, 7) is 0.801. The third-order valence-corrected chi connectivity index (χ3v) is 2.72. The van der Waals surface area contributed by atoms with Gasteiger partial charge in [0.25, 0.3) is 5.91 Å². The van der Waals surface area contributed by atoms with Crippen LogP contribution in [0.5, 0.6) is 0 Å². The van der Waals surface area contributed by atoms with Crippen LogP contribution in [0.25, 0.3) is 0 Å². The van der Waals surface area contributed by atoms with Crippen molar-refractivity contribution in [1.82, 2.24) is 10.3 Å². The number of hydrogen-bond acceptors (Lipinski definition) is 4. The van der Waals surface area contributed by atoms with Gasteiger partial charge in [0, 0.05) is 25.9 Å². The van der Waals surface area contributed by atoms with Crippen molar-refractivity contribution in [3.63, 3.8) is 0 Å². The Bertz CT molecular complexity index is 610. The van der Waals surface area contributed by atoms with Gasteiger partial charge in [0.1, 0.15) is 12.4 Å². The second kappa shape index (κ2) is 6.72. The minimum atomic E-state index is -0.267. The summed E-state index contributed by atoms with van der Waals surface area (Å²) in [4.78, 5) is 25.3. The summed E-state index contributed by atoms with van der Waals surface area (Å²) in [5, 5.41) is 2.75. The molecule has 2 aromatic heterocycles. The standard InChI is InChI=1S/C14H16N2O4/c1-19-9-11-3-4-12(20-11)14(18)15-7-6-10-2-5-13(17)16-8-10/h2-5,8H,6-7,9H2,1H3,(H,15,18)(H,16,17). The monoisotopic (exact) mass is 276 g/mol. The second-order valence-electron chi connectivity index (χ2n) is 4.27. The Morgan fingerprint density at radius 1 is 1.35 bits per heavy atom. The number of carbonyl (C=O) groups is 1. The number of aromatic amines is 1. The van der Waals surface area contributed by atoms with E-state index < -0.39 is 0 Å². The van der Waals surface area contributed by atoms with Crippen molar-refractivity contribution in [2.75, 3.05) is 13.7 Å². The molecule has 0 aliphatic carbocycles. The van der Waals surface area contributed by atoms with E-state index in [2.05, 4.69) is 10.3 Å². The Morgan fingerprint density at radius 2 is 2.20 bits per heavy atom. The molecule has 0 aliphatic heterocycles. The van der Waals surface area contributed by atoms with Crippen LogP contribution in [-0.4, -0.2) is 24.5 Å². The van der Waals surface area contributed by atoms with Gasteiger partial charge in [0.15, 0.2) is 5.76 Å². The molecule has 0 bridgehead atoms. The van der Waals surface area contributed by atoms with Crippen LogP contribution in [0.15, 0.2) is 39.7 Å². The fraction of sp³-hybridized carbons (Fsp3) is 0.286. The highest BCUT2D eigenvalue weighted by Crippen LogP contribution is 2.08. The zero-order chi connectivity index (χ0) is 14.4. The topological polar surface area (TPSA) is 84.3 Å². The number of rotatable bonds is 6. The zero-order valence-corrected chi connectivity index (χ0v) is 11.1. The molecule has 6 nitrogen and oxygen atoms in total. The average molecular weight is 276 g/mol. The summed E-state index contributed by atoms with van der Waals surface area (Å²) in [6, 6.07) is 6.51. The number of ether oxygens (including phenoxy) is 1. The number of aromatic nitrogens is 1. The van der Waals surface area contributed by atoms with E-state index in [9.17, 15) is 9.59 Å². The number of carbonyl (C=O) groups excluding carboxylic acids is 1. The van der Waals surface area contributed by atoms with Crippen LogP contribution in [0.1, 0.15) is 21.9 Å². The number of nitrogens with one attached hydrogen (secondary N) is 2. The Balaban J connectivity index is 1.82. The van der Waals surface area contributed by atoms with Gasteiger partial charge in [-0.05, 0) is 24.1 Å². The van der Waals surface area contributed by atoms with E-state index in [0.717, 1.165) is 5.56 Å². The number of methoxy groups -OCH3 is 1. The molecule has 2 rings (SSSR count). The highest BCUT2D eigenvalue weighted by molar-refractivity contribution is 5.91. The van der Waals surface area contributed by atoms with E-state index in [4.69, 9.17) is 9.15 Å². The maximum Gasteiger partial charge on any atom is 0.287 e. The minimum absolute atomic E-state index is 0.140. The fourth-order valence-corrected chi connectivity index (χ4v) is 1.73. The average Bonchev–Trinajstić information content (AvgIpc) is 2.90. The van der Waals surface area contributed by atoms with Crippen LogP contribution in [0.2, 0.25) is 0 Å². The van der Waals surface area contributed by atoms with Crippen molar-refractivity contribution >= 4 is 5.91 Å². The van der Waals surface area contributed by atoms with Crippen LogP contribution in [0.4, 0.5) is 0 Å². The van der Waals surface area contributed by atoms with E-state index in [0.29, 0.717) is 25.3 Å². The second-order valence-corrected chi connectivity index (χ2v) is 4.27. The molecule has 0 saturated carbocycles. The van der Waals surface area contributed by atoms with Gasteiger partial charge >= 0.3 is 0 Å². The lowest BCUT2D eigenvalue weighted by atomic mass is 10.2. The lowest BCUT2D eigenvalue weighted by Crippen LogP contribution is -2.25. The molecule has 0 fully saturated rings. The van der Waals surface area contributed by atoms with Crippen LogP contribution in [-0.2, 0) is 17.8 Å². The number of hydrogen-bond donors (Lipinski definition) is 2. The van der Waals surface area contributed by atoms with Crippen molar-refractivity contribution in [1.29, 1.82) is 0 Å². The normalized spacial score (nSPS) is 10.4. The molecule has 0 aromatic carbocycles. The molecule has 0 aliphatic rings. The molecule has 6 heteroatoms. The quantitative estimate of drug-likeness (QED) is 0.827. The smallest absolute Gasteiger partial charge is 0.287 e. The zero-order valence-electron chi connectivity index (χ0n) is 11.1. The molecule has 2 heterocycles. The van der Waals surface area contributed by atoms with E-state index in [1.165, 1.54) is 6.07 Å². The van der Waals surface area contributed by atoms with Crippen LogP contribution in [0.3, 0.4) is 0 Å². The molecular weight excluding hydrogens is 260 g/mol. The first kappa shape index (κ1) is 14.1.